The Bertz CT molecular complexity index is 4790. The minimum atomic E-state index is -1.07. The van der Waals surface area contributed by atoms with Crippen molar-refractivity contribution in [2.24, 2.45) is 46.6 Å². The first-order chi connectivity index (χ1) is 69.7. The summed E-state index contributed by atoms with van der Waals surface area (Å²) in [5.41, 5.74) is 25.1. The van der Waals surface area contributed by atoms with Crippen LogP contribution in [0.5, 0.6) is 0 Å². The van der Waals surface area contributed by atoms with Crippen LogP contribution in [0, 0.1) is 96.7 Å². The van der Waals surface area contributed by atoms with Crippen molar-refractivity contribution in [2.75, 3.05) is 13.1 Å². The van der Waals surface area contributed by atoms with Crippen molar-refractivity contribution in [1.29, 1.82) is 0 Å². The molecule has 2 aliphatic heterocycles. The maximum atomic E-state index is 14.1. The van der Waals surface area contributed by atoms with Crippen LogP contribution in [0.15, 0.2) is 133 Å². The third-order valence-corrected chi connectivity index (χ3v) is 22.4. The van der Waals surface area contributed by atoms with E-state index in [4.69, 9.17) is 138 Å². The van der Waals surface area contributed by atoms with Crippen molar-refractivity contribution in [3.05, 3.63) is 167 Å². The molecule has 2 fully saturated rings. The number of terminal acetylenes is 4. The van der Waals surface area contributed by atoms with Gasteiger partial charge in [0.2, 0.25) is 70.9 Å². The Labute approximate surface area is 856 Å². The number of ketones is 4. The highest BCUT2D eigenvalue weighted by atomic mass is 16.2. The summed E-state index contributed by atoms with van der Waals surface area (Å²) in [7, 11) is 51.6. The number of primary amides is 4. The Hall–Kier alpha value is -12.9. The molecule has 0 bridgehead atoms. The van der Waals surface area contributed by atoms with Crippen molar-refractivity contribution in [3.8, 4) is 73.1 Å². The largest absolute Gasteiger partial charge is 0.370 e. The summed E-state index contributed by atoms with van der Waals surface area (Å²) in [5, 5.41) is 22.0. The molecule has 8 rings (SSSR count). The number of carbonyl (C=O) groups excluding carboxylic acids is 16. The molecule has 16 N–H and O–H groups in total. The summed E-state index contributed by atoms with van der Waals surface area (Å²) in [6, 6.07) is 24.9. The molecule has 4 aliphatic rings. The van der Waals surface area contributed by atoms with Gasteiger partial charge in [0, 0.05) is 228 Å². The van der Waals surface area contributed by atoms with Crippen molar-refractivity contribution in [3.63, 3.8) is 0 Å². The first kappa shape index (κ1) is 118. The predicted octanol–water partition coefficient (Wildman–Crippen LogP) is 1.30. The maximum absolute atomic E-state index is 14.1. The highest BCUT2D eigenvalue weighted by molar-refractivity contribution is 7.90. The standard InChI is InChI=1S/2C41H52N6O8.2C6H2.2CH4.2B8.6H2/c2*42-35(49)20-18-30-25-31(48)19-21-36(50)45-32(38(43)52)13-7-8-22-44-40(54)33(47-41(55)34(46-39(30)53)23-26-9-3-1-4-10-26)24-27-14-16-29(17-15-27)37(51)28-11-5-2-6-12-28;2*1-3-5-6-4-2;;;2*1-6(2)8(5)7(3)4;;;;;;/h2*2,5-6,11-12,14-17,19,21,26,30,32-34H,1,3-4,7-10,13,18,20,22-25H2,(H2,42,49)(H2,43,52)(H,44,54)(H,45,50)(H,46,53)(H,47,55);2*1-2H;2*1H4;;;6*1H/t2*30-,32?,33?,34+;;;;;;;;;;;;/m11............/s1/i;;;;;;;;4*1+1D;2*1+1. The zero-order chi connectivity index (χ0) is 111. The van der Waals surface area contributed by atoms with Gasteiger partial charge in [0.25, 0.3) is 0 Å². The molecule has 0 aromatic heterocycles. The molecule has 2 heterocycles. The average Bonchev–Trinajstić information content (AvgIpc) is 0.844. The molecule has 8 atom stereocenters. The van der Waals surface area contributed by atoms with Gasteiger partial charge in [-0.1, -0.05) is 188 Å². The van der Waals surface area contributed by atoms with Gasteiger partial charge in [0.05, 0.1) is 0 Å². The van der Waals surface area contributed by atoms with Crippen LogP contribution < -0.4 is 65.5 Å². The normalized spacial score (nSPS) is 19.3. The summed E-state index contributed by atoms with van der Waals surface area (Å²) >= 11 is 0. The second-order valence-electron chi connectivity index (χ2n) is 33.4. The molecule has 2 saturated carbocycles. The fraction of sp³-hybridized carbons (Fsp3) is 0.417. The van der Waals surface area contributed by atoms with Gasteiger partial charge in [0.1, 0.15) is 36.3 Å². The molecule has 0 saturated heterocycles. The van der Waals surface area contributed by atoms with E-state index in [1.54, 1.807) is 97.1 Å². The fourth-order valence-electron chi connectivity index (χ4n) is 14.6. The van der Waals surface area contributed by atoms with E-state index in [1.807, 2.05) is 12.1 Å². The number of benzene rings is 4. The van der Waals surface area contributed by atoms with Gasteiger partial charge in [-0.05, 0) is 147 Å². The average molecular weight is 1890 g/mol. The van der Waals surface area contributed by atoms with Gasteiger partial charge >= 0.3 is 0 Å². The summed E-state index contributed by atoms with van der Waals surface area (Å²) < 4.78 is 40.0. The third-order valence-electron chi connectivity index (χ3n) is 22.4. The summed E-state index contributed by atoms with van der Waals surface area (Å²) in [5.74, 6) is 6.07. The van der Waals surface area contributed by atoms with Gasteiger partial charge in [0.15, 0.2) is 23.1 Å². The summed E-state index contributed by atoms with van der Waals surface area (Å²) in [6.45, 7) is 0.376. The molecular formula is C96H128B16N12O16. The molecule has 12 amide bonds. The number of nitrogens with two attached hydrogens (primary N) is 4. The second-order valence-corrected chi connectivity index (χ2v) is 33.4. The van der Waals surface area contributed by atoms with Crippen LogP contribution >= 0.6 is 0 Å². The first-order valence-corrected chi connectivity index (χ1v) is 45.4. The third kappa shape index (κ3) is 51.7. The highest BCUT2D eigenvalue weighted by Crippen LogP contribution is 2.30. The van der Waals surface area contributed by atoms with Crippen molar-refractivity contribution in [1.82, 2.24) is 42.5 Å². The molecule has 2 aliphatic carbocycles. The fourth-order valence-corrected chi connectivity index (χ4v) is 14.6. The lowest BCUT2D eigenvalue weighted by atomic mass is 8.68. The van der Waals surface area contributed by atoms with Crippen molar-refractivity contribution >= 4 is 210 Å². The molecule has 28 nitrogen and oxygen atoms in total. The molecule has 716 valence electrons. The molecule has 4 unspecified atom stereocenters. The smallest absolute Gasteiger partial charge is 0.244 e. The Morgan fingerprint density at radius 1 is 0.357 bits per heavy atom. The molecule has 140 heavy (non-hydrogen) atoms. The quantitative estimate of drug-likeness (QED) is 0.0267. The van der Waals surface area contributed by atoms with Gasteiger partial charge in [-0.25, -0.2) is 0 Å². The van der Waals surface area contributed by atoms with Crippen LogP contribution in [0.3, 0.4) is 0 Å². The van der Waals surface area contributed by atoms with Crippen LogP contribution in [-0.2, 0) is 80.0 Å². The van der Waals surface area contributed by atoms with E-state index in [0.29, 0.717) is 71.9 Å². The number of hydrogen-bond acceptors (Lipinski definition) is 16. The van der Waals surface area contributed by atoms with E-state index in [9.17, 15) is 76.7 Å². The van der Waals surface area contributed by atoms with E-state index in [-0.39, 0.29) is 118 Å². The van der Waals surface area contributed by atoms with Crippen LogP contribution in [0.4, 0.5) is 0 Å². The minimum Gasteiger partial charge on any atom is -0.370 e. The van der Waals surface area contributed by atoms with E-state index < -0.39 is 169 Å². The van der Waals surface area contributed by atoms with Gasteiger partial charge in [-0.2, -0.15) is 0 Å². The molecule has 44 heteroatoms. The lowest BCUT2D eigenvalue weighted by molar-refractivity contribution is -0.134. The maximum Gasteiger partial charge on any atom is 0.244 e. The van der Waals surface area contributed by atoms with Gasteiger partial charge in [-0.3, -0.25) is 76.7 Å². The molecular weight excluding hydrogens is 1750 g/mol. The molecule has 4 aromatic rings. The number of rotatable bonds is 24. The van der Waals surface area contributed by atoms with E-state index >= 15 is 0 Å². The number of amides is 12. The summed E-state index contributed by atoms with van der Waals surface area (Å²) in [6.07, 6.45) is 30.1. The zero-order valence-corrected chi connectivity index (χ0v) is 77.7. The second kappa shape index (κ2) is 70.7. The van der Waals surface area contributed by atoms with Gasteiger partial charge < -0.3 is 65.5 Å². The Morgan fingerprint density at radius 3 is 0.914 bits per heavy atom. The van der Waals surface area contributed by atoms with Crippen LogP contribution in [-0.4, -0.2) is 259 Å². The SMILES string of the molecule is C.C.C#CC#CC#C.C#CC#CC#C.NC(=O)CC[C@@H]1CC(=O)C=CC(=O)NC(C(N)=O)CCCCNC(=O)C(Cc2ccc(C(=O)c3ccccc3)cc2)NC(=O)[C@H](CC2CCCCC2)NC1=O.NC(=O)CC[C@@H]1CC(=O)C=CC(=O)NC(C(N)=O)CCCCNC(=O)C(Cc2ccc(C(=O)c3ccccc3)cc2)NC(=O)[C@H](CC2CCCCC2)NC1=O.[2HH].[2HH].[2H][2H].[2H][2H].[2H][2H].[2H][2H].[B]B([B])B([B])B([B])[B].[B]B([B])B([B])B([B])[B]. The minimum absolute atomic E-state index is 0. The van der Waals surface area contributed by atoms with E-state index in [2.05, 4.69) is 89.9 Å². The number of allylic oxidation sites excluding steroid dienone is 2. The van der Waals surface area contributed by atoms with E-state index in [0.717, 1.165) is 88.5 Å². The Morgan fingerprint density at radius 2 is 0.643 bits per heavy atom. The first-order valence-electron chi connectivity index (χ1n) is 49.4. The topological polar surface area (TPSA) is 473 Å². The lowest BCUT2D eigenvalue weighted by Gasteiger charge is -2.29. The molecule has 20 radical (unpaired) electrons. The monoisotopic (exact) mass is 1890 g/mol. The Balaban J connectivity index is -0.000000510. The van der Waals surface area contributed by atoms with Crippen LogP contribution in [0.2, 0.25) is 0 Å². The number of carbonyl (C=O) groups is 16. The predicted molar refractivity (Wildman–Crippen MR) is 577 cm³/mol. The van der Waals surface area contributed by atoms with Crippen molar-refractivity contribution in [2.45, 2.75) is 218 Å². The Kier molecular flexibility index (Phi) is 59.3. The molecule has 4 aromatic carbocycles. The number of hydrogen-bond donors (Lipinski definition) is 12. The number of nitrogens with one attached hydrogen (secondary N) is 8. The zero-order valence-electron chi connectivity index (χ0n) is 85.7. The molecule has 0 spiro atoms. The van der Waals surface area contributed by atoms with Gasteiger partial charge in [-0.15, -0.1) is 25.7 Å². The lowest BCUT2D eigenvalue weighted by Crippen LogP contribution is -2.55. The van der Waals surface area contributed by atoms with E-state index in [1.165, 1.54) is 0 Å². The highest BCUT2D eigenvalue weighted by Gasteiger charge is 2.36. The summed E-state index contributed by atoms with van der Waals surface area (Å²) in [4.78, 5) is 208. The van der Waals surface area contributed by atoms with Crippen LogP contribution in [0.25, 0.3) is 0 Å². The van der Waals surface area contributed by atoms with Crippen molar-refractivity contribution < 1.29 is 91.4 Å². The van der Waals surface area contributed by atoms with Crippen LogP contribution in [0.1, 0.15) is 227 Å².